The average molecular weight is 253 g/mol. The molecule has 0 unspecified atom stereocenters. The zero-order chi connectivity index (χ0) is 13.4. The molecule has 4 heteroatoms. The minimum absolute atomic E-state index is 0.000102. The number of halogens is 1. The number of benzene rings is 1. The molecule has 0 aliphatic heterocycles. The van der Waals surface area contributed by atoms with E-state index in [1.807, 2.05) is 11.8 Å². The second kappa shape index (κ2) is 7.95. The summed E-state index contributed by atoms with van der Waals surface area (Å²) in [5, 5.41) is 8.76. The lowest BCUT2D eigenvalue weighted by atomic mass is 10.1. The van der Waals surface area contributed by atoms with Gasteiger partial charge >= 0.3 is 0 Å². The van der Waals surface area contributed by atoms with Crippen LogP contribution in [0.2, 0.25) is 0 Å². The third kappa shape index (κ3) is 4.94. The third-order valence-corrected chi connectivity index (χ3v) is 2.83. The van der Waals surface area contributed by atoms with Gasteiger partial charge in [-0.25, -0.2) is 4.39 Å². The molecule has 0 saturated heterocycles. The number of aliphatic hydroxyl groups excluding tert-OH is 1. The van der Waals surface area contributed by atoms with Crippen molar-refractivity contribution in [2.75, 3.05) is 26.2 Å². The van der Waals surface area contributed by atoms with E-state index in [1.54, 1.807) is 18.2 Å². The van der Waals surface area contributed by atoms with Crippen LogP contribution in [0.4, 0.5) is 4.39 Å². The standard InChI is InChI=1S/C14H20FNO2/c1-2-16(8-5-9-17)11-13(18)10-12-6-3-4-7-14(12)15/h3-4,6-7,17H,2,5,8-11H2,1H3. The number of ketones is 1. The number of carbonyl (C=O) groups is 1. The first-order chi connectivity index (χ1) is 8.67. The Morgan fingerprint density at radius 1 is 1.39 bits per heavy atom. The van der Waals surface area contributed by atoms with Crippen LogP contribution >= 0.6 is 0 Å². The summed E-state index contributed by atoms with van der Waals surface area (Å²) in [4.78, 5) is 13.8. The summed E-state index contributed by atoms with van der Waals surface area (Å²) in [6.07, 6.45) is 0.781. The van der Waals surface area contributed by atoms with Gasteiger partial charge in [-0.2, -0.15) is 0 Å². The van der Waals surface area contributed by atoms with E-state index in [0.29, 0.717) is 25.1 Å². The number of carbonyl (C=O) groups excluding carboxylic acids is 1. The number of likely N-dealkylation sites (N-methyl/N-ethyl adjacent to an activating group) is 1. The molecular formula is C14H20FNO2. The number of rotatable bonds is 8. The Morgan fingerprint density at radius 3 is 2.72 bits per heavy atom. The number of hydrogen-bond donors (Lipinski definition) is 1. The Kier molecular flexibility index (Phi) is 6.54. The molecule has 3 nitrogen and oxygen atoms in total. The van der Waals surface area contributed by atoms with Gasteiger partial charge in [0.25, 0.3) is 0 Å². The summed E-state index contributed by atoms with van der Waals surface area (Å²) in [6.45, 7) is 3.84. The number of Topliss-reactive ketones (excluding diaryl/α,β-unsaturated/α-hetero) is 1. The molecule has 0 saturated carbocycles. The van der Waals surface area contributed by atoms with Crippen molar-refractivity contribution < 1.29 is 14.3 Å². The fourth-order valence-electron chi connectivity index (χ4n) is 1.80. The molecule has 100 valence electrons. The maximum absolute atomic E-state index is 13.4. The highest BCUT2D eigenvalue weighted by atomic mass is 19.1. The minimum Gasteiger partial charge on any atom is -0.396 e. The van der Waals surface area contributed by atoms with Crippen LogP contribution in [0, 0.1) is 5.82 Å². The predicted molar refractivity (Wildman–Crippen MR) is 68.9 cm³/mol. The van der Waals surface area contributed by atoms with Crippen molar-refractivity contribution in [3.63, 3.8) is 0 Å². The summed E-state index contributed by atoms with van der Waals surface area (Å²) in [5.74, 6) is -0.329. The molecule has 0 fully saturated rings. The summed E-state index contributed by atoms with van der Waals surface area (Å²) in [5.41, 5.74) is 0.445. The Bertz CT molecular complexity index is 382. The van der Waals surface area contributed by atoms with Gasteiger partial charge in [0, 0.05) is 19.6 Å². The zero-order valence-electron chi connectivity index (χ0n) is 10.7. The normalized spacial score (nSPS) is 10.9. The van der Waals surface area contributed by atoms with Gasteiger partial charge in [-0.15, -0.1) is 0 Å². The second-order valence-corrected chi connectivity index (χ2v) is 4.25. The first-order valence-corrected chi connectivity index (χ1v) is 6.25. The molecule has 0 spiro atoms. The van der Waals surface area contributed by atoms with Crippen molar-refractivity contribution in [1.29, 1.82) is 0 Å². The highest BCUT2D eigenvalue weighted by Gasteiger charge is 2.11. The largest absolute Gasteiger partial charge is 0.396 e. The minimum atomic E-state index is -0.329. The molecule has 18 heavy (non-hydrogen) atoms. The monoisotopic (exact) mass is 253 g/mol. The van der Waals surface area contributed by atoms with E-state index in [9.17, 15) is 9.18 Å². The lowest BCUT2D eigenvalue weighted by molar-refractivity contribution is -0.119. The van der Waals surface area contributed by atoms with Gasteiger partial charge in [0.2, 0.25) is 0 Å². The van der Waals surface area contributed by atoms with E-state index in [1.165, 1.54) is 6.07 Å². The molecule has 0 aliphatic rings. The topological polar surface area (TPSA) is 40.5 Å². The Morgan fingerprint density at radius 2 is 2.11 bits per heavy atom. The van der Waals surface area contributed by atoms with Gasteiger partial charge in [0.15, 0.2) is 5.78 Å². The third-order valence-electron chi connectivity index (χ3n) is 2.83. The molecule has 0 atom stereocenters. The average Bonchev–Trinajstić information content (AvgIpc) is 2.37. The first kappa shape index (κ1) is 14.8. The maximum atomic E-state index is 13.4. The molecular weight excluding hydrogens is 233 g/mol. The number of aliphatic hydroxyl groups is 1. The van der Waals surface area contributed by atoms with E-state index in [-0.39, 0.29) is 24.6 Å². The van der Waals surface area contributed by atoms with Crippen LogP contribution in [0.1, 0.15) is 18.9 Å². The maximum Gasteiger partial charge on any atom is 0.151 e. The van der Waals surface area contributed by atoms with Crippen molar-refractivity contribution in [2.24, 2.45) is 0 Å². The fraction of sp³-hybridized carbons (Fsp3) is 0.500. The second-order valence-electron chi connectivity index (χ2n) is 4.25. The molecule has 1 aromatic rings. The van der Waals surface area contributed by atoms with Crippen LogP contribution in [0.15, 0.2) is 24.3 Å². The summed E-state index contributed by atoms with van der Waals surface area (Å²) in [6, 6.07) is 6.35. The van der Waals surface area contributed by atoms with Crippen LogP contribution in [-0.2, 0) is 11.2 Å². The molecule has 1 aromatic carbocycles. The van der Waals surface area contributed by atoms with Crippen LogP contribution < -0.4 is 0 Å². The molecule has 0 radical (unpaired) electrons. The fourth-order valence-corrected chi connectivity index (χ4v) is 1.80. The molecule has 0 aliphatic carbocycles. The molecule has 0 aromatic heterocycles. The van der Waals surface area contributed by atoms with Crippen LogP contribution in [0.25, 0.3) is 0 Å². The first-order valence-electron chi connectivity index (χ1n) is 6.25. The van der Waals surface area contributed by atoms with E-state index < -0.39 is 0 Å². The van der Waals surface area contributed by atoms with Crippen molar-refractivity contribution in [3.05, 3.63) is 35.6 Å². The van der Waals surface area contributed by atoms with Crippen molar-refractivity contribution >= 4 is 5.78 Å². The quantitative estimate of drug-likeness (QED) is 0.765. The van der Waals surface area contributed by atoms with Crippen molar-refractivity contribution in [3.8, 4) is 0 Å². The Balaban J connectivity index is 2.48. The van der Waals surface area contributed by atoms with Gasteiger partial charge < -0.3 is 5.11 Å². The van der Waals surface area contributed by atoms with Gasteiger partial charge in [0.05, 0.1) is 6.54 Å². The van der Waals surface area contributed by atoms with Gasteiger partial charge in [-0.1, -0.05) is 25.1 Å². The van der Waals surface area contributed by atoms with E-state index in [4.69, 9.17) is 5.11 Å². The molecule has 1 rings (SSSR count). The van der Waals surface area contributed by atoms with E-state index in [0.717, 1.165) is 6.54 Å². The van der Waals surface area contributed by atoms with Crippen LogP contribution in [0.3, 0.4) is 0 Å². The number of hydrogen-bond acceptors (Lipinski definition) is 3. The van der Waals surface area contributed by atoms with Gasteiger partial charge in [0.1, 0.15) is 5.82 Å². The highest BCUT2D eigenvalue weighted by molar-refractivity contribution is 5.82. The zero-order valence-corrected chi connectivity index (χ0v) is 10.7. The van der Waals surface area contributed by atoms with Crippen molar-refractivity contribution in [2.45, 2.75) is 19.8 Å². The SMILES string of the molecule is CCN(CCCO)CC(=O)Cc1ccccc1F. The molecule has 0 amide bonds. The highest BCUT2D eigenvalue weighted by Crippen LogP contribution is 2.07. The molecule has 1 N–H and O–H groups in total. The Labute approximate surface area is 107 Å². The summed E-state index contributed by atoms with van der Waals surface area (Å²) >= 11 is 0. The Hall–Kier alpha value is -1.26. The van der Waals surface area contributed by atoms with Crippen LogP contribution in [-0.4, -0.2) is 42.0 Å². The van der Waals surface area contributed by atoms with Crippen molar-refractivity contribution in [1.82, 2.24) is 4.90 Å². The van der Waals surface area contributed by atoms with E-state index in [2.05, 4.69) is 0 Å². The lowest BCUT2D eigenvalue weighted by Crippen LogP contribution is -2.32. The van der Waals surface area contributed by atoms with Gasteiger partial charge in [-0.3, -0.25) is 9.69 Å². The predicted octanol–water partition coefficient (Wildman–Crippen LogP) is 1.64. The lowest BCUT2D eigenvalue weighted by Gasteiger charge is -2.18. The summed E-state index contributed by atoms with van der Waals surface area (Å²) in [7, 11) is 0. The van der Waals surface area contributed by atoms with Crippen LogP contribution in [0.5, 0.6) is 0 Å². The smallest absolute Gasteiger partial charge is 0.151 e. The summed E-state index contributed by atoms with van der Waals surface area (Å²) < 4.78 is 13.4. The number of nitrogens with zero attached hydrogens (tertiary/aromatic N) is 1. The molecule has 0 heterocycles. The van der Waals surface area contributed by atoms with Gasteiger partial charge in [-0.05, 0) is 24.6 Å². The molecule has 0 bridgehead atoms. The van der Waals surface area contributed by atoms with E-state index >= 15 is 0 Å².